The first-order valence-electron chi connectivity index (χ1n) is 7.85. The Hall–Kier alpha value is -1.14. The first-order valence-corrected chi connectivity index (χ1v) is 8.65. The monoisotopic (exact) mass is 388 g/mol. The van der Waals surface area contributed by atoms with Crippen LogP contribution in [0, 0.1) is 5.82 Å². The molecule has 4 nitrogen and oxygen atoms in total. The van der Waals surface area contributed by atoms with Gasteiger partial charge >= 0.3 is 6.09 Å². The second-order valence-corrected chi connectivity index (χ2v) is 7.24. The molecule has 130 valence electrons. The molecular weight excluding hydrogens is 363 g/mol. The fraction of sp³-hybridized carbons (Fsp3) is 0.588. The lowest BCUT2D eigenvalue weighted by molar-refractivity contribution is 0.0258. The molecule has 6 heteroatoms. The van der Waals surface area contributed by atoms with Gasteiger partial charge in [0, 0.05) is 29.7 Å². The van der Waals surface area contributed by atoms with Gasteiger partial charge in [-0.3, -0.25) is 0 Å². The van der Waals surface area contributed by atoms with Gasteiger partial charge in [-0.2, -0.15) is 0 Å². The molecule has 1 aromatic carbocycles. The predicted octanol–water partition coefficient (Wildman–Crippen LogP) is 4.32. The number of nitrogens with one attached hydrogen (secondary N) is 1. The molecule has 0 heterocycles. The van der Waals surface area contributed by atoms with Crippen molar-refractivity contribution < 1.29 is 13.9 Å². The fourth-order valence-electron chi connectivity index (χ4n) is 1.99. The van der Waals surface area contributed by atoms with Crippen LogP contribution in [-0.4, -0.2) is 36.2 Å². The van der Waals surface area contributed by atoms with Gasteiger partial charge in [-0.05, 0) is 52.8 Å². The maximum Gasteiger partial charge on any atom is 0.410 e. The smallest absolute Gasteiger partial charge is 0.410 e. The number of rotatable bonds is 7. The number of hydrogen-bond acceptors (Lipinski definition) is 3. The van der Waals surface area contributed by atoms with Crippen molar-refractivity contribution in [2.45, 2.75) is 46.3 Å². The quantitative estimate of drug-likeness (QED) is 0.706. The van der Waals surface area contributed by atoms with Gasteiger partial charge in [0.1, 0.15) is 11.4 Å². The zero-order valence-electron chi connectivity index (χ0n) is 14.3. The van der Waals surface area contributed by atoms with Crippen molar-refractivity contribution in [3.05, 3.63) is 34.1 Å². The number of amides is 1. The average molecular weight is 389 g/mol. The second kappa shape index (κ2) is 9.23. The van der Waals surface area contributed by atoms with E-state index in [2.05, 4.69) is 21.2 Å². The van der Waals surface area contributed by atoms with Crippen molar-refractivity contribution >= 4 is 22.0 Å². The molecule has 0 aliphatic heterocycles. The summed E-state index contributed by atoms with van der Waals surface area (Å²) in [5.74, 6) is -0.226. The van der Waals surface area contributed by atoms with Crippen LogP contribution < -0.4 is 5.32 Å². The van der Waals surface area contributed by atoms with E-state index in [9.17, 15) is 9.18 Å². The topological polar surface area (TPSA) is 41.6 Å². The summed E-state index contributed by atoms with van der Waals surface area (Å²) in [5, 5.41) is 3.19. The van der Waals surface area contributed by atoms with Crippen LogP contribution in [0.3, 0.4) is 0 Å². The Bertz CT molecular complexity index is 518. The number of carbonyl (C=O) groups is 1. The van der Waals surface area contributed by atoms with Crippen LogP contribution in [0.1, 0.15) is 39.7 Å². The highest BCUT2D eigenvalue weighted by molar-refractivity contribution is 9.10. The molecule has 1 amide bonds. The van der Waals surface area contributed by atoms with Gasteiger partial charge in [-0.25, -0.2) is 9.18 Å². The van der Waals surface area contributed by atoms with Crippen molar-refractivity contribution in [2.75, 3.05) is 19.6 Å². The Morgan fingerprint density at radius 3 is 2.65 bits per heavy atom. The number of carbonyl (C=O) groups excluding carboxylic acids is 1. The van der Waals surface area contributed by atoms with E-state index in [4.69, 9.17) is 4.74 Å². The molecular formula is C17H26BrFN2O2. The van der Waals surface area contributed by atoms with Gasteiger partial charge in [0.25, 0.3) is 0 Å². The van der Waals surface area contributed by atoms with E-state index >= 15 is 0 Å². The first kappa shape index (κ1) is 19.9. The average Bonchev–Trinajstić information content (AvgIpc) is 2.42. The van der Waals surface area contributed by atoms with Gasteiger partial charge in [0.15, 0.2) is 0 Å². The Balaban J connectivity index is 2.31. The van der Waals surface area contributed by atoms with Gasteiger partial charge in [-0.1, -0.05) is 22.0 Å². The largest absolute Gasteiger partial charge is 0.444 e. The van der Waals surface area contributed by atoms with E-state index in [0.29, 0.717) is 31.7 Å². The van der Waals surface area contributed by atoms with Crippen LogP contribution in [-0.2, 0) is 11.3 Å². The zero-order valence-corrected chi connectivity index (χ0v) is 15.9. The summed E-state index contributed by atoms with van der Waals surface area (Å²) in [7, 11) is 0. The third kappa shape index (κ3) is 7.79. The van der Waals surface area contributed by atoms with Crippen LogP contribution >= 0.6 is 15.9 Å². The van der Waals surface area contributed by atoms with Crippen molar-refractivity contribution in [1.29, 1.82) is 0 Å². The molecule has 0 spiro atoms. The van der Waals surface area contributed by atoms with Crippen LogP contribution in [0.5, 0.6) is 0 Å². The zero-order chi connectivity index (χ0) is 17.5. The molecule has 0 saturated carbocycles. The lowest BCUT2D eigenvalue weighted by atomic mass is 10.2. The highest BCUT2D eigenvalue weighted by atomic mass is 79.9. The summed E-state index contributed by atoms with van der Waals surface area (Å²) in [6, 6.07) is 5.03. The Morgan fingerprint density at radius 2 is 2.09 bits per heavy atom. The third-order valence-corrected chi connectivity index (χ3v) is 3.64. The lowest BCUT2D eigenvalue weighted by Gasteiger charge is -2.26. The van der Waals surface area contributed by atoms with E-state index in [1.54, 1.807) is 11.0 Å². The summed E-state index contributed by atoms with van der Waals surface area (Å²) in [5.41, 5.74) is 0.148. The molecule has 1 rings (SSSR count). The standard InChI is InChI=1S/C17H26BrFN2O2/c1-5-21(16(22)23-17(2,3)4)10-6-9-20-12-13-7-8-14(18)11-15(13)19/h7-8,11,20H,5-6,9-10,12H2,1-4H3. The molecule has 0 unspecified atom stereocenters. The van der Waals surface area contributed by atoms with Gasteiger partial charge < -0.3 is 15.0 Å². The van der Waals surface area contributed by atoms with Crippen LogP contribution in [0.2, 0.25) is 0 Å². The van der Waals surface area contributed by atoms with Gasteiger partial charge in [0.05, 0.1) is 0 Å². The van der Waals surface area contributed by atoms with Crippen LogP contribution in [0.4, 0.5) is 9.18 Å². The number of benzene rings is 1. The summed E-state index contributed by atoms with van der Waals surface area (Å²) in [6.45, 7) is 9.88. The highest BCUT2D eigenvalue weighted by Gasteiger charge is 2.20. The predicted molar refractivity (Wildman–Crippen MR) is 93.9 cm³/mol. The SMILES string of the molecule is CCN(CCCNCc1ccc(Br)cc1F)C(=O)OC(C)(C)C. The maximum atomic E-state index is 13.7. The molecule has 0 bridgehead atoms. The van der Waals surface area contributed by atoms with Crippen molar-refractivity contribution in [1.82, 2.24) is 10.2 Å². The van der Waals surface area contributed by atoms with Crippen molar-refractivity contribution in [3.63, 3.8) is 0 Å². The van der Waals surface area contributed by atoms with E-state index < -0.39 is 5.60 Å². The second-order valence-electron chi connectivity index (χ2n) is 6.33. The highest BCUT2D eigenvalue weighted by Crippen LogP contribution is 2.15. The van der Waals surface area contributed by atoms with Gasteiger partial charge in [-0.15, -0.1) is 0 Å². The maximum absolute atomic E-state index is 13.7. The molecule has 0 atom stereocenters. The number of ether oxygens (including phenoxy) is 1. The minimum Gasteiger partial charge on any atom is -0.444 e. The first-order chi connectivity index (χ1) is 10.7. The summed E-state index contributed by atoms with van der Waals surface area (Å²) < 4.78 is 19.8. The third-order valence-electron chi connectivity index (χ3n) is 3.15. The molecule has 0 aromatic heterocycles. The van der Waals surface area contributed by atoms with Crippen LogP contribution in [0.15, 0.2) is 22.7 Å². The number of nitrogens with zero attached hydrogens (tertiary/aromatic N) is 1. The molecule has 0 aliphatic carbocycles. The minimum atomic E-state index is -0.484. The minimum absolute atomic E-state index is 0.226. The molecule has 1 N–H and O–H groups in total. The Morgan fingerprint density at radius 1 is 1.39 bits per heavy atom. The Kier molecular flexibility index (Phi) is 7.99. The van der Waals surface area contributed by atoms with E-state index in [0.717, 1.165) is 10.9 Å². The fourth-order valence-corrected chi connectivity index (χ4v) is 2.32. The molecule has 0 fully saturated rings. The van der Waals surface area contributed by atoms with E-state index in [1.807, 2.05) is 33.8 Å². The molecule has 1 aromatic rings. The summed E-state index contributed by atoms with van der Waals surface area (Å²) in [4.78, 5) is 13.7. The normalized spacial score (nSPS) is 11.4. The Labute approximate surface area is 146 Å². The molecule has 0 radical (unpaired) electrons. The molecule has 0 saturated heterocycles. The summed E-state index contributed by atoms with van der Waals surface area (Å²) >= 11 is 3.24. The lowest BCUT2D eigenvalue weighted by Crippen LogP contribution is -2.38. The van der Waals surface area contributed by atoms with E-state index in [-0.39, 0.29) is 11.9 Å². The van der Waals surface area contributed by atoms with Crippen LogP contribution in [0.25, 0.3) is 0 Å². The van der Waals surface area contributed by atoms with Crippen molar-refractivity contribution in [2.24, 2.45) is 0 Å². The summed E-state index contributed by atoms with van der Waals surface area (Å²) in [6.07, 6.45) is 0.490. The molecule has 23 heavy (non-hydrogen) atoms. The number of halogens is 2. The van der Waals surface area contributed by atoms with E-state index in [1.165, 1.54) is 6.07 Å². The van der Waals surface area contributed by atoms with Crippen molar-refractivity contribution in [3.8, 4) is 0 Å². The number of hydrogen-bond donors (Lipinski definition) is 1. The molecule has 0 aliphatic rings. The van der Waals surface area contributed by atoms with Gasteiger partial charge in [0.2, 0.25) is 0 Å².